The van der Waals surface area contributed by atoms with Crippen LogP contribution in [0.5, 0.6) is 11.5 Å². The van der Waals surface area contributed by atoms with Crippen molar-refractivity contribution in [1.82, 2.24) is 15.5 Å². The topological polar surface area (TPSA) is 131 Å². The molecule has 2 aromatic rings. The van der Waals surface area contributed by atoms with Gasteiger partial charge in [-0.25, -0.2) is 0 Å². The number of hydrogen-bond donors (Lipinski definition) is 2. The van der Waals surface area contributed by atoms with Gasteiger partial charge in [-0.3, -0.25) is 28.9 Å². The third-order valence-corrected chi connectivity index (χ3v) is 7.33. The molecule has 2 N–H and O–H groups in total. The van der Waals surface area contributed by atoms with E-state index in [1.807, 2.05) is 6.07 Å². The lowest BCUT2D eigenvalue weighted by Crippen LogP contribution is -2.49. The Labute approximate surface area is 239 Å². The predicted octanol–water partition coefficient (Wildman–Crippen LogP) is 3.03. The second-order valence-electron chi connectivity index (χ2n) is 10.5. The van der Waals surface area contributed by atoms with Gasteiger partial charge in [0.15, 0.2) is 17.3 Å². The summed E-state index contributed by atoms with van der Waals surface area (Å²) in [5.41, 5.74) is 1.45. The molecule has 0 aliphatic carbocycles. The van der Waals surface area contributed by atoms with Gasteiger partial charge in [-0.2, -0.15) is 0 Å². The van der Waals surface area contributed by atoms with Gasteiger partial charge in [-0.15, -0.1) is 0 Å². The molecule has 10 heteroatoms. The molecule has 0 saturated carbocycles. The summed E-state index contributed by atoms with van der Waals surface area (Å²) >= 11 is 0. The van der Waals surface area contributed by atoms with E-state index in [-0.39, 0.29) is 31.6 Å². The molecule has 0 unspecified atom stereocenters. The number of carbonyl (C=O) groups excluding carboxylic acids is 5. The molecule has 41 heavy (non-hydrogen) atoms. The van der Waals surface area contributed by atoms with E-state index in [4.69, 9.17) is 9.47 Å². The van der Waals surface area contributed by atoms with Gasteiger partial charge in [0.05, 0.1) is 24.4 Å². The minimum Gasteiger partial charge on any atom is -0.454 e. The number of nitrogens with zero attached hydrogens (tertiary/aromatic N) is 1. The Morgan fingerprint density at radius 1 is 1.00 bits per heavy atom. The maximum atomic E-state index is 13.5. The van der Waals surface area contributed by atoms with Crippen LogP contribution in [0.3, 0.4) is 0 Å². The van der Waals surface area contributed by atoms with E-state index in [9.17, 15) is 24.0 Å². The molecule has 1 saturated heterocycles. The van der Waals surface area contributed by atoms with Crippen molar-refractivity contribution >= 4 is 35.5 Å². The van der Waals surface area contributed by atoms with Crippen LogP contribution in [0.25, 0.3) is 6.08 Å². The zero-order valence-corrected chi connectivity index (χ0v) is 23.6. The van der Waals surface area contributed by atoms with Crippen molar-refractivity contribution in [1.29, 1.82) is 0 Å². The van der Waals surface area contributed by atoms with Crippen LogP contribution in [-0.2, 0) is 24.0 Å². The highest BCUT2D eigenvalue weighted by atomic mass is 16.7. The first kappa shape index (κ1) is 29.5. The van der Waals surface area contributed by atoms with Gasteiger partial charge in [0.2, 0.25) is 30.4 Å². The van der Waals surface area contributed by atoms with Gasteiger partial charge in [0.25, 0.3) is 0 Å². The summed E-state index contributed by atoms with van der Waals surface area (Å²) in [5, 5.41) is 5.65. The lowest BCUT2D eigenvalue weighted by molar-refractivity contribution is -0.142. The van der Waals surface area contributed by atoms with Crippen LogP contribution < -0.4 is 20.1 Å². The number of likely N-dealkylation sites (tertiary alicyclic amines) is 1. The molecule has 10 nitrogen and oxygen atoms in total. The molecule has 0 bridgehead atoms. The third-order valence-electron chi connectivity index (χ3n) is 7.33. The van der Waals surface area contributed by atoms with Crippen molar-refractivity contribution in [3.63, 3.8) is 0 Å². The molecule has 4 rings (SSSR count). The van der Waals surface area contributed by atoms with E-state index in [0.29, 0.717) is 17.1 Å². The van der Waals surface area contributed by atoms with Crippen LogP contribution in [0.1, 0.15) is 51.3 Å². The molecule has 216 valence electrons. The van der Waals surface area contributed by atoms with Crippen molar-refractivity contribution in [2.45, 2.75) is 46.2 Å². The average molecular weight is 562 g/mol. The number of ketones is 1. The van der Waals surface area contributed by atoms with Gasteiger partial charge in [0.1, 0.15) is 5.92 Å². The third kappa shape index (κ3) is 6.65. The first-order valence-electron chi connectivity index (χ1n) is 13.7. The molecule has 2 aliphatic heterocycles. The van der Waals surface area contributed by atoms with Crippen molar-refractivity contribution in [3.8, 4) is 11.5 Å². The number of benzene rings is 2. The number of imide groups is 1. The lowest BCUT2D eigenvalue weighted by atomic mass is 9.85. The maximum Gasteiger partial charge on any atom is 0.244 e. The minimum atomic E-state index is -1.14. The molecule has 4 atom stereocenters. The van der Waals surface area contributed by atoms with Gasteiger partial charge in [0, 0.05) is 12.6 Å². The molecule has 2 aromatic carbocycles. The van der Waals surface area contributed by atoms with E-state index in [2.05, 4.69) is 10.6 Å². The summed E-state index contributed by atoms with van der Waals surface area (Å²) in [6, 6.07) is 12.7. The summed E-state index contributed by atoms with van der Waals surface area (Å²) in [6.07, 6.45) is 2.86. The monoisotopic (exact) mass is 561 g/mol. The first-order chi connectivity index (χ1) is 19.6. The van der Waals surface area contributed by atoms with Crippen LogP contribution in [0.4, 0.5) is 0 Å². The Bertz CT molecular complexity index is 1350. The quantitative estimate of drug-likeness (QED) is 0.245. The SMILES string of the molecule is CCN1C(=O)[C@@H](C(=O)[C@@H](NC(=O)C[C@H](NC(=O)/C=C/c2ccc3c(c2)OCO3)c2ccccc2)C(C)C)[C@H](C)C1=O. The second-order valence-corrected chi connectivity index (χ2v) is 10.5. The lowest BCUT2D eigenvalue weighted by Gasteiger charge is -2.26. The van der Waals surface area contributed by atoms with Gasteiger partial charge < -0.3 is 20.1 Å². The van der Waals surface area contributed by atoms with Crippen LogP contribution in [-0.4, -0.2) is 53.7 Å². The summed E-state index contributed by atoms with van der Waals surface area (Å²) in [5.74, 6) is -3.30. The average Bonchev–Trinajstić information content (AvgIpc) is 3.51. The minimum absolute atomic E-state index is 0.141. The Morgan fingerprint density at radius 2 is 1.71 bits per heavy atom. The van der Waals surface area contributed by atoms with E-state index < -0.39 is 47.4 Å². The highest BCUT2D eigenvalue weighted by Gasteiger charge is 2.50. The fraction of sp³-hybridized carbons (Fsp3) is 0.387. The second kappa shape index (κ2) is 12.8. The maximum absolute atomic E-state index is 13.5. The highest BCUT2D eigenvalue weighted by Crippen LogP contribution is 2.33. The fourth-order valence-corrected chi connectivity index (χ4v) is 5.08. The zero-order chi connectivity index (χ0) is 29.7. The summed E-state index contributed by atoms with van der Waals surface area (Å²) in [7, 11) is 0. The van der Waals surface area contributed by atoms with Crippen molar-refractivity contribution in [3.05, 3.63) is 65.7 Å². The van der Waals surface area contributed by atoms with E-state index >= 15 is 0 Å². The Morgan fingerprint density at radius 3 is 2.37 bits per heavy atom. The van der Waals surface area contributed by atoms with Crippen LogP contribution in [0, 0.1) is 17.8 Å². The van der Waals surface area contributed by atoms with E-state index in [1.165, 1.54) is 6.08 Å². The van der Waals surface area contributed by atoms with Gasteiger partial charge >= 0.3 is 0 Å². The molecule has 0 spiro atoms. The molecule has 2 aliphatic rings. The predicted molar refractivity (Wildman–Crippen MR) is 150 cm³/mol. The van der Waals surface area contributed by atoms with Crippen LogP contribution >= 0.6 is 0 Å². The number of rotatable bonds is 11. The van der Waals surface area contributed by atoms with Crippen molar-refractivity contribution in [2.75, 3.05) is 13.3 Å². The summed E-state index contributed by atoms with van der Waals surface area (Å²) < 4.78 is 10.7. The highest BCUT2D eigenvalue weighted by molar-refractivity contribution is 6.16. The summed E-state index contributed by atoms with van der Waals surface area (Å²) in [4.78, 5) is 66.0. The molecule has 1 fully saturated rings. The standard InChI is InChI=1S/C31H35N3O7/c1-5-34-30(38)19(4)27(31(34)39)29(37)28(18(2)3)33-26(36)16-22(21-9-7-6-8-10-21)32-25(35)14-12-20-11-13-23-24(15-20)41-17-40-23/h6-15,18-19,22,27-28H,5,16-17H2,1-4H3,(H,32,35)(H,33,36)/b14-12+/t19-,22-,27+,28-/m0/s1. The molecule has 0 aromatic heterocycles. The van der Waals surface area contributed by atoms with Gasteiger partial charge in [-0.1, -0.05) is 57.2 Å². The van der Waals surface area contributed by atoms with Crippen molar-refractivity contribution in [2.24, 2.45) is 17.8 Å². The number of carbonyl (C=O) groups is 5. The Balaban J connectivity index is 1.45. The first-order valence-corrected chi connectivity index (χ1v) is 13.7. The number of hydrogen-bond acceptors (Lipinski definition) is 7. The van der Waals surface area contributed by atoms with Gasteiger partial charge in [-0.05, 0) is 42.2 Å². The number of fused-ring (bicyclic) bond motifs is 1. The smallest absolute Gasteiger partial charge is 0.244 e. The number of nitrogens with one attached hydrogen (secondary N) is 2. The zero-order valence-electron chi connectivity index (χ0n) is 23.6. The number of amides is 4. The molecule has 0 radical (unpaired) electrons. The van der Waals surface area contributed by atoms with E-state index in [0.717, 1.165) is 10.5 Å². The number of ether oxygens (including phenoxy) is 2. The molecular weight excluding hydrogens is 526 g/mol. The fourth-order valence-electron chi connectivity index (χ4n) is 5.08. The van der Waals surface area contributed by atoms with Crippen molar-refractivity contribution < 1.29 is 33.4 Å². The normalized spacial score (nSPS) is 19.5. The van der Waals surface area contributed by atoms with Crippen LogP contribution in [0.2, 0.25) is 0 Å². The molecule has 4 amide bonds. The Kier molecular flexibility index (Phi) is 9.21. The van der Waals surface area contributed by atoms with Crippen LogP contribution in [0.15, 0.2) is 54.6 Å². The molecular formula is C31H35N3O7. The van der Waals surface area contributed by atoms with E-state index in [1.54, 1.807) is 76.2 Å². The largest absolute Gasteiger partial charge is 0.454 e. The number of Topliss-reactive ketones (excluding diaryl/α,β-unsaturated/α-hetero) is 1. The Hall–Kier alpha value is -4.47. The molecule has 2 heterocycles. The summed E-state index contributed by atoms with van der Waals surface area (Å²) in [6.45, 7) is 7.12.